The van der Waals surface area contributed by atoms with Crippen molar-refractivity contribution in [3.05, 3.63) is 65.2 Å². The van der Waals surface area contributed by atoms with Crippen LogP contribution in [0.3, 0.4) is 0 Å². The zero-order valence-electron chi connectivity index (χ0n) is 19.9. The van der Waals surface area contributed by atoms with Crippen LogP contribution in [0.5, 0.6) is 0 Å². The molecular weight excluding hydrogens is 450 g/mol. The summed E-state index contributed by atoms with van der Waals surface area (Å²) < 4.78 is 10.1. The molecular formula is C26H29N3O6. The Hall–Kier alpha value is -3.56. The second-order valence-electron chi connectivity index (χ2n) is 8.64. The molecule has 2 aliphatic heterocycles. The maximum absolute atomic E-state index is 13.5. The third-order valence-electron chi connectivity index (χ3n) is 6.37. The summed E-state index contributed by atoms with van der Waals surface area (Å²) in [5.74, 6) is -1.64. The molecule has 9 nitrogen and oxygen atoms in total. The molecule has 0 bridgehead atoms. The molecule has 35 heavy (non-hydrogen) atoms. The number of amides is 3. The summed E-state index contributed by atoms with van der Waals surface area (Å²) in [4.78, 5) is 56.4. The monoisotopic (exact) mass is 479 g/mol. The van der Waals surface area contributed by atoms with E-state index in [1.807, 2.05) is 19.1 Å². The van der Waals surface area contributed by atoms with E-state index in [0.29, 0.717) is 43.1 Å². The zero-order chi connectivity index (χ0) is 24.9. The Morgan fingerprint density at radius 2 is 1.63 bits per heavy atom. The predicted octanol–water partition coefficient (Wildman–Crippen LogP) is 1.89. The van der Waals surface area contributed by atoms with Crippen LogP contribution < -0.4 is 4.90 Å². The maximum atomic E-state index is 13.5. The van der Waals surface area contributed by atoms with Gasteiger partial charge in [0.05, 0.1) is 38.0 Å². The average molecular weight is 480 g/mol. The molecule has 2 aliphatic rings. The number of imide groups is 1. The number of nitrogens with zero attached hydrogens (tertiary/aromatic N) is 3. The van der Waals surface area contributed by atoms with Gasteiger partial charge in [-0.15, -0.1) is 0 Å². The first-order valence-electron chi connectivity index (χ1n) is 11.6. The number of benzene rings is 2. The minimum atomic E-state index is -0.905. The number of methoxy groups -OCH3 is 1. The Kier molecular flexibility index (Phi) is 7.57. The molecule has 0 saturated carbocycles. The molecule has 2 aromatic rings. The van der Waals surface area contributed by atoms with Crippen LogP contribution >= 0.6 is 0 Å². The quantitative estimate of drug-likeness (QED) is 0.442. The number of esters is 1. The fraction of sp³-hybridized carbons (Fsp3) is 0.385. The van der Waals surface area contributed by atoms with Crippen LogP contribution in [0.4, 0.5) is 5.69 Å². The number of hydrogen-bond donors (Lipinski definition) is 0. The van der Waals surface area contributed by atoms with E-state index in [4.69, 9.17) is 9.47 Å². The van der Waals surface area contributed by atoms with E-state index in [1.54, 1.807) is 12.1 Å². The van der Waals surface area contributed by atoms with Crippen molar-refractivity contribution in [3.8, 4) is 0 Å². The van der Waals surface area contributed by atoms with E-state index in [-0.39, 0.29) is 18.2 Å². The standard InChI is InChI=1S/C26H29N3O6/c1-18-3-5-19(6-4-18)24(31)28(12-11-27-13-15-35-16-14-27)22-17-23(30)29(25(22)32)21-9-7-20(8-10-21)26(33)34-2/h3-10,22H,11-17H2,1-2H3. The SMILES string of the molecule is COC(=O)c1ccc(N2C(=O)CC(N(CCN3CCOCC3)C(=O)c3ccc(C)cc3)C2=O)cc1. The third-order valence-corrected chi connectivity index (χ3v) is 6.37. The lowest BCUT2D eigenvalue weighted by Crippen LogP contribution is -2.49. The van der Waals surface area contributed by atoms with E-state index in [9.17, 15) is 19.2 Å². The molecule has 9 heteroatoms. The third kappa shape index (κ3) is 5.41. The van der Waals surface area contributed by atoms with Gasteiger partial charge in [-0.05, 0) is 43.3 Å². The van der Waals surface area contributed by atoms with Crippen LogP contribution in [0.1, 0.15) is 32.7 Å². The normalized spacial score (nSPS) is 18.6. The molecule has 0 aliphatic carbocycles. The highest BCUT2D eigenvalue weighted by molar-refractivity contribution is 6.23. The van der Waals surface area contributed by atoms with Crippen LogP contribution in [-0.2, 0) is 19.1 Å². The smallest absolute Gasteiger partial charge is 0.337 e. The lowest BCUT2D eigenvalue weighted by Gasteiger charge is -2.32. The fourth-order valence-corrected chi connectivity index (χ4v) is 4.33. The van der Waals surface area contributed by atoms with Crippen LogP contribution in [-0.4, -0.2) is 86.0 Å². The molecule has 2 aromatic carbocycles. The Bertz CT molecular complexity index is 1090. The summed E-state index contributed by atoms with van der Waals surface area (Å²) in [5.41, 5.74) is 2.16. The molecule has 2 heterocycles. The molecule has 3 amide bonds. The summed E-state index contributed by atoms with van der Waals surface area (Å²) in [6.45, 7) is 5.58. The number of carbonyl (C=O) groups is 4. The van der Waals surface area contributed by atoms with Crippen molar-refractivity contribution in [1.82, 2.24) is 9.80 Å². The Morgan fingerprint density at radius 3 is 2.26 bits per heavy atom. The second-order valence-corrected chi connectivity index (χ2v) is 8.64. The van der Waals surface area contributed by atoms with Gasteiger partial charge in [0.15, 0.2) is 0 Å². The van der Waals surface area contributed by atoms with Gasteiger partial charge < -0.3 is 14.4 Å². The van der Waals surface area contributed by atoms with Crippen molar-refractivity contribution in [3.63, 3.8) is 0 Å². The van der Waals surface area contributed by atoms with Gasteiger partial charge >= 0.3 is 5.97 Å². The lowest BCUT2D eigenvalue weighted by atomic mass is 10.1. The summed E-state index contributed by atoms with van der Waals surface area (Å²) in [5, 5.41) is 0. The number of hydrogen-bond acceptors (Lipinski definition) is 7. The van der Waals surface area contributed by atoms with Crippen LogP contribution in [0.25, 0.3) is 0 Å². The highest BCUT2D eigenvalue weighted by atomic mass is 16.5. The molecule has 0 spiro atoms. The van der Waals surface area contributed by atoms with Gasteiger partial charge in [0, 0.05) is 31.7 Å². The van der Waals surface area contributed by atoms with Crippen LogP contribution in [0.2, 0.25) is 0 Å². The maximum Gasteiger partial charge on any atom is 0.337 e. The number of aryl methyl sites for hydroxylation is 1. The Balaban J connectivity index is 1.57. The molecule has 2 fully saturated rings. The van der Waals surface area contributed by atoms with Crippen molar-refractivity contribution in [2.24, 2.45) is 0 Å². The number of carbonyl (C=O) groups excluding carboxylic acids is 4. The van der Waals surface area contributed by atoms with E-state index in [1.165, 1.54) is 36.3 Å². The molecule has 0 N–H and O–H groups in total. The highest BCUT2D eigenvalue weighted by Crippen LogP contribution is 2.27. The molecule has 1 atom stereocenters. The van der Waals surface area contributed by atoms with Gasteiger partial charge in [-0.25, -0.2) is 9.69 Å². The van der Waals surface area contributed by atoms with Gasteiger partial charge in [-0.3, -0.25) is 19.3 Å². The second kappa shape index (κ2) is 10.8. The van der Waals surface area contributed by atoms with Crippen LogP contribution in [0, 0.1) is 6.92 Å². The minimum absolute atomic E-state index is 0.0989. The summed E-state index contributed by atoms with van der Waals surface area (Å²) in [6.07, 6.45) is -0.0989. The highest BCUT2D eigenvalue weighted by Gasteiger charge is 2.44. The van der Waals surface area contributed by atoms with Gasteiger partial charge in [-0.1, -0.05) is 17.7 Å². The molecule has 184 valence electrons. The van der Waals surface area contributed by atoms with Crippen molar-refractivity contribution in [2.75, 3.05) is 51.4 Å². The first kappa shape index (κ1) is 24.6. The van der Waals surface area contributed by atoms with E-state index in [2.05, 4.69) is 4.90 Å². The van der Waals surface area contributed by atoms with Gasteiger partial charge in [0.25, 0.3) is 11.8 Å². The summed E-state index contributed by atoms with van der Waals surface area (Å²) >= 11 is 0. The van der Waals surface area contributed by atoms with Crippen molar-refractivity contribution in [2.45, 2.75) is 19.4 Å². The van der Waals surface area contributed by atoms with Crippen LogP contribution in [0.15, 0.2) is 48.5 Å². The number of anilines is 1. The lowest BCUT2D eigenvalue weighted by molar-refractivity contribution is -0.122. The molecule has 2 saturated heterocycles. The first-order chi connectivity index (χ1) is 16.9. The number of rotatable bonds is 7. The summed E-state index contributed by atoms with van der Waals surface area (Å²) in [6, 6.07) is 12.3. The van der Waals surface area contributed by atoms with E-state index >= 15 is 0 Å². The van der Waals surface area contributed by atoms with E-state index in [0.717, 1.165) is 23.6 Å². The topological polar surface area (TPSA) is 96.5 Å². The predicted molar refractivity (Wildman–Crippen MR) is 128 cm³/mol. The molecule has 4 rings (SSSR count). The molecule has 0 aromatic heterocycles. The van der Waals surface area contributed by atoms with Crippen molar-refractivity contribution >= 4 is 29.4 Å². The zero-order valence-corrected chi connectivity index (χ0v) is 19.9. The average Bonchev–Trinajstić information content (AvgIpc) is 3.18. The largest absolute Gasteiger partial charge is 0.465 e. The first-order valence-corrected chi connectivity index (χ1v) is 11.6. The van der Waals surface area contributed by atoms with Crippen molar-refractivity contribution < 1.29 is 28.7 Å². The molecule has 0 radical (unpaired) electrons. The fourth-order valence-electron chi connectivity index (χ4n) is 4.33. The number of morpholine rings is 1. The Labute approximate surface area is 204 Å². The van der Waals surface area contributed by atoms with Gasteiger partial charge in [0.1, 0.15) is 6.04 Å². The Morgan fingerprint density at radius 1 is 1.00 bits per heavy atom. The number of ether oxygens (including phenoxy) is 2. The van der Waals surface area contributed by atoms with Gasteiger partial charge in [-0.2, -0.15) is 0 Å². The summed E-state index contributed by atoms with van der Waals surface area (Å²) in [7, 11) is 1.28. The van der Waals surface area contributed by atoms with E-state index < -0.39 is 17.9 Å². The van der Waals surface area contributed by atoms with Gasteiger partial charge in [0.2, 0.25) is 5.91 Å². The van der Waals surface area contributed by atoms with Crippen molar-refractivity contribution in [1.29, 1.82) is 0 Å². The molecule has 1 unspecified atom stereocenters. The minimum Gasteiger partial charge on any atom is -0.465 e.